The molecule has 0 unspecified atom stereocenters. The van der Waals surface area contributed by atoms with Gasteiger partial charge in [0.15, 0.2) is 5.15 Å². The molecular weight excluding hydrogens is 457 g/mol. The first-order valence-electron chi connectivity index (χ1n) is 12.2. The molecule has 0 amide bonds. The van der Waals surface area contributed by atoms with E-state index in [1.54, 1.807) is 19.4 Å². The molecule has 0 bridgehead atoms. The highest BCUT2D eigenvalue weighted by Gasteiger charge is 2.21. The van der Waals surface area contributed by atoms with Gasteiger partial charge in [-0.1, -0.05) is 11.6 Å². The van der Waals surface area contributed by atoms with Gasteiger partial charge in [-0.05, 0) is 56.6 Å². The maximum atomic E-state index is 14.7. The van der Waals surface area contributed by atoms with Crippen LogP contribution in [0.2, 0.25) is 5.15 Å². The van der Waals surface area contributed by atoms with E-state index in [0.29, 0.717) is 40.1 Å². The van der Waals surface area contributed by atoms with E-state index in [1.165, 1.54) is 6.20 Å². The number of hydrogen-bond donors (Lipinski definition) is 3. The van der Waals surface area contributed by atoms with Crippen LogP contribution in [0.1, 0.15) is 38.5 Å². The Labute approximate surface area is 206 Å². The third-order valence-corrected chi connectivity index (χ3v) is 7.05. The molecule has 34 heavy (non-hydrogen) atoms. The van der Waals surface area contributed by atoms with E-state index in [1.807, 2.05) is 6.07 Å². The normalized spacial score (nSPS) is 21.4. The van der Waals surface area contributed by atoms with Crippen molar-refractivity contribution < 1.29 is 13.9 Å². The van der Waals surface area contributed by atoms with Gasteiger partial charge >= 0.3 is 0 Å². The summed E-state index contributed by atoms with van der Waals surface area (Å²) < 4.78 is 25.3. The van der Waals surface area contributed by atoms with Gasteiger partial charge in [0.05, 0.1) is 18.5 Å². The molecule has 2 aromatic rings. The lowest BCUT2D eigenvalue weighted by molar-refractivity contribution is 0.0699. The molecule has 1 saturated heterocycles. The maximum Gasteiger partial charge on any atom is 0.152 e. The van der Waals surface area contributed by atoms with Crippen LogP contribution in [0.15, 0.2) is 24.5 Å². The molecule has 3 heterocycles. The molecule has 0 radical (unpaired) electrons. The van der Waals surface area contributed by atoms with Gasteiger partial charge < -0.3 is 25.4 Å². The van der Waals surface area contributed by atoms with Gasteiger partial charge in [0.2, 0.25) is 0 Å². The number of aromatic nitrogens is 2. The first-order valence-corrected chi connectivity index (χ1v) is 12.6. The van der Waals surface area contributed by atoms with E-state index in [9.17, 15) is 4.39 Å². The number of nitrogens with one attached hydrogen (secondary N) is 3. The second kappa shape index (κ2) is 12.6. The number of methoxy groups -OCH3 is 1. The van der Waals surface area contributed by atoms with Crippen molar-refractivity contribution >= 4 is 23.1 Å². The average molecular weight is 492 g/mol. The molecule has 1 aliphatic carbocycles. The van der Waals surface area contributed by atoms with Crippen LogP contribution in [0.25, 0.3) is 11.1 Å². The van der Waals surface area contributed by atoms with Crippen molar-refractivity contribution in [1.29, 1.82) is 0 Å². The van der Waals surface area contributed by atoms with Crippen LogP contribution < -0.4 is 16.0 Å². The number of ether oxygens (including phenoxy) is 2. The van der Waals surface area contributed by atoms with Gasteiger partial charge in [0, 0.05) is 62.8 Å². The summed E-state index contributed by atoms with van der Waals surface area (Å²) in [5, 5.41) is 10.8. The quantitative estimate of drug-likeness (QED) is 0.327. The third-order valence-electron chi connectivity index (χ3n) is 6.75. The summed E-state index contributed by atoms with van der Waals surface area (Å²) in [5.41, 5.74) is 1.86. The molecule has 2 aromatic heterocycles. The van der Waals surface area contributed by atoms with Crippen molar-refractivity contribution in [2.45, 2.75) is 50.6 Å². The van der Waals surface area contributed by atoms with Crippen LogP contribution in [0, 0.1) is 11.7 Å². The summed E-state index contributed by atoms with van der Waals surface area (Å²) in [6.45, 7) is 3.99. The largest absolute Gasteiger partial charge is 0.383 e. The topological polar surface area (TPSA) is 80.3 Å². The predicted octanol–water partition coefficient (Wildman–Crippen LogP) is 4.73. The molecule has 7 nitrogen and oxygen atoms in total. The van der Waals surface area contributed by atoms with Crippen LogP contribution in [-0.2, 0) is 9.47 Å². The zero-order chi connectivity index (χ0) is 23.8. The van der Waals surface area contributed by atoms with Crippen molar-refractivity contribution in [2.24, 2.45) is 5.92 Å². The summed E-state index contributed by atoms with van der Waals surface area (Å²) in [4.78, 5) is 8.58. The molecule has 0 spiro atoms. The summed E-state index contributed by atoms with van der Waals surface area (Å²) in [7, 11) is 1.72. The number of pyridine rings is 2. The van der Waals surface area contributed by atoms with Gasteiger partial charge in [-0.2, -0.15) is 0 Å². The van der Waals surface area contributed by atoms with Crippen molar-refractivity contribution in [3.63, 3.8) is 0 Å². The van der Waals surface area contributed by atoms with Gasteiger partial charge in [-0.15, -0.1) is 0 Å². The standard InChI is InChI=1S/C25H35ClFN5O2/c1-33-11-8-28-19-2-4-20(5-3-19)32-24-13-21(22(27)16-30-24)18-12-23(25(26)31-15-18)29-14-17-6-9-34-10-7-17/h12-13,15-17,19-20,28-29H,2-11,14H2,1H3,(H,30,32). The van der Waals surface area contributed by atoms with Gasteiger partial charge in [0.25, 0.3) is 0 Å². The fourth-order valence-electron chi connectivity index (χ4n) is 4.68. The number of rotatable bonds is 10. The monoisotopic (exact) mass is 491 g/mol. The molecule has 3 N–H and O–H groups in total. The van der Waals surface area contributed by atoms with E-state index in [0.717, 1.165) is 77.1 Å². The Hall–Kier alpha value is -2.00. The Morgan fingerprint density at radius 1 is 1.06 bits per heavy atom. The smallest absolute Gasteiger partial charge is 0.152 e. The second-order valence-corrected chi connectivity index (χ2v) is 9.55. The number of hydrogen-bond acceptors (Lipinski definition) is 7. The van der Waals surface area contributed by atoms with Crippen LogP contribution >= 0.6 is 11.6 Å². The molecule has 2 aliphatic rings. The molecule has 0 atom stereocenters. The molecule has 2 fully saturated rings. The molecule has 1 saturated carbocycles. The lowest BCUT2D eigenvalue weighted by Gasteiger charge is -2.30. The second-order valence-electron chi connectivity index (χ2n) is 9.19. The Kier molecular flexibility index (Phi) is 9.33. The van der Waals surface area contributed by atoms with E-state index >= 15 is 0 Å². The van der Waals surface area contributed by atoms with E-state index in [2.05, 4.69) is 25.9 Å². The number of anilines is 2. The first-order chi connectivity index (χ1) is 16.6. The molecule has 0 aromatic carbocycles. The summed E-state index contributed by atoms with van der Waals surface area (Å²) in [5.74, 6) is 0.835. The van der Waals surface area contributed by atoms with Crippen molar-refractivity contribution in [3.8, 4) is 11.1 Å². The summed E-state index contributed by atoms with van der Waals surface area (Å²) in [6.07, 6.45) is 9.22. The van der Waals surface area contributed by atoms with E-state index < -0.39 is 0 Å². The van der Waals surface area contributed by atoms with Crippen molar-refractivity contribution in [3.05, 3.63) is 35.5 Å². The molecule has 4 rings (SSSR count). The zero-order valence-corrected chi connectivity index (χ0v) is 20.5. The third kappa shape index (κ3) is 7.01. The number of halogens is 2. The minimum atomic E-state index is -0.379. The van der Waals surface area contributed by atoms with Gasteiger partial charge in [-0.3, -0.25) is 0 Å². The Morgan fingerprint density at radius 2 is 1.82 bits per heavy atom. The maximum absolute atomic E-state index is 14.7. The van der Waals surface area contributed by atoms with Gasteiger partial charge in [0.1, 0.15) is 11.6 Å². The molecule has 9 heteroatoms. The highest BCUT2D eigenvalue weighted by Crippen LogP contribution is 2.31. The Bertz CT molecular complexity index is 920. The SMILES string of the molecule is COCCNC1CCC(Nc2cc(-c3cnc(Cl)c(NCC4CCOCC4)c3)c(F)cn2)CC1. The van der Waals surface area contributed by atoms with Crippen molar-refractivity contribution in [1.82, 2.24) is 15.3 Å². The zero-order valence-electron chi connectivity index (χ0n) is 19.8. The fraction of sp³-hybridized carbons (Fsp3) is 0.600. The predicted molar refractivity (Wildman–Crippen MR) is 134 cm³/mol. The number of nitrogens with zero attached hydrogens (tertiary/aromatic N) is 2. The fourth-order valence-corrected chi connectivity index (χ4v) is 4.85. The van der Waals surface area contributed by atoms with Crippen LogP contribution in [0.3, 0.4) is 0 Å². The first kappa shape index (κ1) is 25.1. The van der Waals surface area contributed by atoms with E-state index in [-0.39, 0.29) is 5.82 Å². The van der Waals surface area contributed by atoms with Crippen LogP contribution in [0.4, 0.5) is 15.9 Å². The molecule has 186 valence electrons. The summed E-state index contributed by atoms with van der Waals surface area (Å²) in [6, 6.07) is 4.49. The van der Waals surface area contributed by atoms with Crippen molar-refractivity contribution in [2.75, 3.05) is 50.7 Å². The minimum Gasteiger partial charge on any atom is -0.383 e. The van der Waals surface area contributed by atoms with E-state index in [4.69, 9.17) is 21.1 Å². The van der Waals surface area contributed by atoms with Crippen LogP contribution in [-0.4, -0.2) is 62.1 Å². The van der Waals surface area contributed by atoms with Crippen LogP contribution in [0.5, 0.6) is 0 Å². The Morgan fingerprint density at radius 3 is 2.59 bits per heavy atom. The summed E-state index contributed by atoms with van der Waals surface area (Å²) >= 11 is 6.32. The highest BCUT2D eigenvalue weighted by molar-refractivity contribution is 6.32. The lowest BCUT2D eigenvalue weighted by atomic mass is 9.91. The molecule has 1 aliphatic heterocycles. The average Bonchev–Trinajstić information content (AvgIpc) is 2.87. The lowest BCUT2D eigenvalue weighted by Crippen LogP contribution is -2.38. The highest BCUT2D eigenvalue weighted by atomic mass is 35.5. The minimum absolute atomic E-state index is 0.325. The van der Waals surface area contributed by atoms with Gasteiger partial charge in [-0.25, -0.2) is 14.4 Å². The molecular formula is C25H35ClFN5O2. The Balaban J connectivity index is 1.38.